The number of fused-ring (bicyclic) bond motifs is 4. The Morgan fingerprint density at radius 1 is 0.333 bits per heavy atom. The van der Waals surface area contributed by atoms with Crippen LogP contribution in [0, 0.1) is 0 Å². The highest BCUT2D eigenvalue weighted by Gasteiger charge is 2.60. The molecule has 0 saturated carbocycles. The Kier molecular flexibility index (Phi) is 21.0. The largest absolute Gasteiger partial charge is 1.00 e. The van der Waals surface area contributed by atoms with E-state index < -0.39 is 109 Å². The average molecular weight is 847 g/mol. The summed E-state index contributed by atoms with van der Waals surface area (Å²) in [6, 6.07) is 0. The lowest BCUT2D eigenvalue weighted by atomic mass is 10.0. The minimum Gasteiger partial charge on any atom is -0.388 e. The van der Waals surface area contributed by atoms with E-state index in [2.05, 4.69) is 9.47 Å². The second kappa shape index (κ2) is 21.3. The van der Waals surface area contributed by atoms with Gasteiger partial charge in [0, 0.05) is 0 Å². The molecule has 57 heavy (non-hydrogen) atoms. The summed E-state index contributed by atoms with van der Waals surface area (Å²) in [4.78, 5) is 0. The first-order chi connectivity index (χ1) is 24.3. The van der Waals surface area contributed by atoms with Gasteiger partial charge in [0.05, 0.1) is 24.4 Å². The Morgan fingerprint density at radius 3 is 1.12 bits per heavy atom. The molecule has 11 unspecified atom stereocenters. The first-order valence-electron chi connectivity index (χ1n) is 17.7. The van der Waals surface area contributed by atoms with Crippen LogP contribution in [-0.2, 0) is 47.4 Å². The zero-order valence-electron chi connectivity index (χ0n) is 34.0. The van der Waals surface area contributed by atoms with Gasteiger partial charge in [0.15, 0.2) is 42.5 Å². The van der Waals surface area contributed by atoms with Crippen LogP contribution in [0.2, 0.25) is 0 Å². The Balaban J connectivity index is -0.000000697. The van der Waals surface area contributed by atoms with Crippen molar-refractivity contribution in [2.24, 2.45) is 0 Å². The van der Waals surface area contributed by atoms with Gasteiger partial charge in [-0.05, 0) is 69.2 Å². The molecule has 7 saturated heterocycles. The fourth-order valence-electron chi connectivity index (χ4n) is 6.81. The second-order valence-electron chi connectivity index (χ2n) is 15.6. The summed E-state index contributed by atoms with van der Waals surface area (Å²) in [5.41, 5.74) is 0. The van der Waals surface area contributed by atoms with Crippen LogP contribution in [0.25, 0.3) is 0 Å². The smallest absolute Gasteiger partial charge is 0.388 e. The van der Waals surface area contributed by atoms with Gasteiger partial charge in [-0.3, -0.25) is 4.70 Å². The van der Waals surface area contributed by atoms with Gasteiger partial charge in [-0.15, -0.1) is 0 Å². The molecule has 20 atom stereocenters. The first-order valence-corrected chi connectivity index (χ1v) is 17.7. The van der Waals surface area contributed by atoms with Crippen LogP contribution in [-0.4, -0.2) is 191 Å². The first kappa shape index (κ1) is 56.1. The summed E-state index contributed by atoms with van der Waals surface area (Å²) in [5.74, 6) is -1.98. The minimum atomic E-state index is -1.43. The third-order valence-corrected chi connectivity index (χ3v) is 9.66. The van der Waals surface area contributed by atoms with Gasteiger partial charge in [-0.1, -0.05) is 22.3 Å². The molecular weight excluding hydrogens is 771 g/mol. The van der Waals surface area contributed by atoms with E-state index >= 15 is 0 Å². The number of rotatable bonds is 0. The lowest BCUT2D eigenvalue weighted by molar-refractivity contribution is -0.277. The van der Waals surface area contributed by atoms with Crippen LogP contribution in [0.3, 0.4) is 0 Å². The minimum absolute atomic E-state index is 0. The normalized spacial score (nSPS) is 48.2. The van der Waals surface area contributed by atoms with E-state index in [4.69, 9.17) is 78.7 Å². The lowest BCUT2D eigenvalue weighted by Gasteiger charge is -2.36. The molecular formula is C36H75FO20+2. The average Bonchev–Trinajstić information content (AvgIpc) is 3.69. The van der Waals surface area contributed by atoms with E-state index in [0.29, 0.717) is 0 Å². The third kappa shape index (κ3) is 13.1. The monoisotopic (exact) mass is 846 g/mol. The molecule has 0 radical (unpaired) electrons. The topological polar surface area (TPSA) is 295 Å². The standard InChI is InChI=1S/C12H20O5.C9H16O5.2C6H12O5.3CH4.FH/c1-6-7-8(15-11(2,3)14-7)9-10(13-6)17-12(4,5)16-9;1-4-5(10)6-7(8(11)12-4)14-9(2,3)13-6;2*1-2-3(7)4(8)5(9)6(10)11-2;;;;/h6-10H,1-5H3;4-8,10-11H,1-3H3;2*2-10H,1H3;3*1H4;1H/p+2/t6?,7-,8+,9?,10+;4?,5-,6+,7?,8?;2*2?,3-,4+,5?,6?;;;;/m1111..../s1. The van der Waals surface area contributed by atoms with Crippen LogP contribution in [0.15, 0.2) is 0 Å². The van der Waals surface area contributed by atoms with Crippen molar-refractivity contribution < 1.29 is 106 Å². The van der Waals surface area contributed by atoms with Crippen molar-refractivity contribution in [3.8, 4) is 0 Å². The number of aliphatic hydroxyl groups excluding tert-OH is 10. The Bertz CT molecular complexity index is 1140. The molecule has 0 bridgehead atoms. The molecule has 7 heterocycles. The van der Waals surface area contributed by atoms with Gasteiger partial charge in [-0.25, -0.2) is 0 Å². The maximum Gasteiger partial charge on any atom is 1.00 e. The Labute approximate surface area is 337 Å². The third-order valence-electron chi connectivity index (χ3n) is 9.66. The fraction of sp³-hybridized carbons (Fsp3) is 1.00. The molecule has 7 fully saturated rings. The molecule has 7 aliphatic rings. The van der Waals surface area contributed by atoms with Crippen molar-refractivity contribution in [3.63, 3.8) is 0 Å². The van der Waals surface area contributed by atoms with Crippen LogP contribution in [0.5, 0.6) is 0 Å². The molecule has 0 spiro atoms. The van der Waals surface area contributed by atoms with E-state index in [1.807, 2.05) is 34.6 Å². The summed E-state index contributed by atoms with van der Waals surface area (Å²) >= 11 is 0. The summed E-state index contributed by atoms with van der Waals surface area (Å²) in [6.07, 6.45) is -16.2. The lowest BCUT2D eigenvalue weighted by Crippen LogP contribution is -2.56. The van der Waals surface area contributed by atoms with Crippen LogP contribution in [0.1, 0.15) is 94.4 Å². The highest BCUT2D eigenvalue weighted by Crippen LogP contribution is 2.44. The van der Waals surface area contributed by atoms with Gasteiger partial charge >= 0.3 is 2.85 Å². The molecule has 0 aromatic carbocycles. The molecule has 344 valence electrons. The molecule has 7 rings (SSSR count). The molecule has 0 amide bonds. The van der Waals surface area contributed by atoms with E-state index in [9.17, 15) is 10.2 Å². The summed E-state index contributed by atoms with van der Waals surface area (Å²) in [6.45, 7) is 17.8. The molecule has 10 N–H and O–H groups in total. The van der Waals surface area contributed by atoms with Crippen molar-refractivity contribution in [1.82, 2.24) is 0 Å². The van der Waals surface area contributed by atoms with Gasteiger partial charge in [0.2, 0.25) is 0 Å². The number of aliphatic hydroxyl groups is 10. The molecule has 0 aliphatic carbocycles. The van der Waals surface area contributed by atoms with Gasteiger partial charge in [-0.2, -0.15) is 0 Å². The SMILES string of the molecule is C.C.C.CC1OC(O)C(O)[C@@H](O)[C@@H]1O.CC1OC(O)C(O)[C@@H](O)[C@@H]1O.CC1OC(O)C2OC(C)(C)O[C@H]2[C@@H]1O.CC1O[C@H]2OC(C)(C)OC2[C@H]2OC(C)(C)O[C@H]12.F.[H+].[H+]. The van der Waals surface area contributed by atoms with Crippen LogP contribution in [0.4, 0.5) is 4.70 Å². The van der Waals surface area contributed by atoms with Crippen molar-refractivity contribution >= 4 is 0 Å². The van der Waals surface area contributed by atoms with E-state index in [0.717, 1.165) is 0 Å². The van der Waals surface area contributed by atoms with Crippen molar-refractivity contribution in [2.45, 2.75) is 232 Å². The van der Waals surface area contributed by atoms with Crippen LogP contribution >= 0.6 is 0 Å². The number of hydrogen-bond acceptors (Lipinski definition) is 20. The van der Waals surface area contributed by atoms with E-state index in [1.165, 1.54) is 13.8 Å². The fourth-order valence-corrected chi connectivity index (χ4v) is 6.81. The predicted molar refractivity (Wildman–Crippen MR) is 199 cm³/mol. The molecule has 20 nitrogen and oxygen atoms in total. The maximum atomic E-state index is 9.76. The number of ether oxygens (including phenoxy) is 10. The Hall–Kier alpha value is -0.870. The Morgan fingerprint density at radius 2 is 0.667 bits per heavy atom. The molecule has 0 aromatic heterocycles. The highest BCUT2D eigenvalue weighted by atomic mass is 19.0. The second-order valence-corrected chi connectivity index (χ2v) is 15.6. The summed E-state index contributed by atoms with van der Waals surface area (Å²) < 4.78 is 54.5. The number of halogens is 1. The van der Waals surface area contributed by atoms with Crippen molar-refractivity contribution in [3.05, 3.63) is 0 Å². The van der Waals surface area contributed by atoms with E-state index in [1.54, 1.807) is 20.8 Å². The summed E-state index contributed by atoms with van der Waals surface area (Å²) in [7, 11) is 0. The van der Waals surface area contributed by atoms with Gasteiger partial charge in [0.1, 0.15) is 73.2 Å². The molecule has 21 heteroatoms. The predicted octanol–water partition coefficient (Wildman–Crippen LogP) is -1.09. The van der Waals surface area contributed by atoms with Gasteiger partial charge in [0.25, 0.3) is 0 Å². The van der Waals surface area contributed by atoms with Crippen molar-refractivity contribution in [2.75, 3.05) is 0 Å². The zero-order chi connectivity index (χ0) is 40.1. The van der Waals surface area contributed by atoms with E-state index in [-0.39, 0.29) is 60.5 Å². The molecule has 0 aromatic rings. The quantitative estimate of drug-likeness (QED) is 0.139. The molecule has 7 aliphatic heterocycles. The van der Waals surface area contributed by atoms with Crippen molar-refractivity contribution in [1.29, 1.82) is 0 Å². The zero-order valence-corrected chi connectivity index (χ0v) is 32.0. The number of hydrogen-bond donors (Lipinski definition) is 10. The van der Waals surface area contributed by atoms with Crippen LogP contribution < -0.4 is 0 Å². The summed E-state index contributed by atoms with van der Waals surface area (Å²) in [5, 5.41) is 91.3. The maximum absolute atomic E-state index is 9.76. The highest BCUT2D eigenvalue weighted by molar-refractivity contribution is 4.99. The van der Waals surface area contributed by atoms with Gasteiger partial charge < -0.3 is 98.4 Å².